The fourth-order valence-corrected chi connectivity index (χ4v) is 3.32. The van der Waals surface area contributed by atoms with Gasteiger partial charge in [0.2, 0.25) is 5.91 Å². The van der Waals surface area contributed by atoms with E-state index in [4.69, 9.17) is 0 Å². The zero-order valence-electron chi connectivity index (χ0n) is 12.9. The van der Waals surface area contributed by atoms with Crippen molar-refractivity contribution < 1.29 is 4.79 Å². The van der Waals surface area contributed by atoms with Gasteiger partial charge < -0.3 is 10.3 Å². The molecule has 1 aliphatic rings. The number of fused-ring (bicyclic) bond motifs is 3. The van der Waals surface area contributed by atoms with E-state index in [1.165, 1.54) is 22.0 Å². The number of aromatic nitrogens is 5. The summed E-state index contributed by atoms with van der Waals surface area (Å²) in [6.45, 7) is 1.79. The van der Waals surface area contributed by atoms with Crippen molar-refractivity contribution in [3.63, 3.8) is 0 Å². The molecule has 1 amide bonds. The molecule has 1 aromatic carbocycles. The molecule has 2 unspecified atom stereocenters. The van der Waals surface area contributed by atoms with E-state index >= 15 is 0 Å². The number of carbonyl (C=O) groups excluding carboxylic acids is 1. The van der Waals surface area contributed by atoms with Crippen molar-refractivity contribution in [2.45, 2.75) is 38.3 Å². The van der Waals surface area contributed by atoms with E-state index in [1.807, 2.05) is 6.07 Å². The molecule has 7 nitrogen and oxygen atoms in total. The number of aromatic amines is 1. The molecular formula is C16H18N6O. The van der Waals surface area contributed by atoms with Crippen LogP contribution in [-0.4, -0.2) is 31.1 Å². The van der Waals surface area contributed by atoms with Crippen LogP contribution in [-0.2, 0) is 11.2 Å². The van der Waals surface area contributed by atoms with Crippen LogP contribution in [0.5, 0.6) is 0 Å². The predicted octanol–water partition coefficient (Wildman–Crippen LogP) is 1.91. The molecule has 7 heteroatoms. The fourth-order valence-electron chi connectivity index (χ4n) is 3.32. The molecule has 118 valence electrons. The Balaban J connectivity index is 1.61. The van der Waals surface area contributed by atoms with Crippen LogP contribution in [0.15, 0.2) is 30.6 Å². The Morgan fingerprint density at radius 3 is 3.13 bits per heavy atom. The molecular weight excluding hydrogens is 292 g/mol. The normalized spacial score (nSPS) is 18.6. The Labute approximate surface area is 133 Å². The van der Waals surface area contributed by atoms with Crippen molar-refractivity contribution in [2.75, 3.05) is 0 Å². The van der Waals surface area contributed by atoms with Crippen LogP contribution in [0.3, 0.4) is 0 Å². The van der Waals surface area contributed by atoms with Crippen molar-refractivity contribution in [3.05, 3.63) is 41.9 Å². The molecule has 2 heterocycles. The predicted molar refractivity (Wildman–Crippen MR) is 84.6 cm³/mol. The number of hydrogen-bond acceptors (Lipinski definition) is 4. The van der Waals surface area contributed by atoms with Crippen molar-refractivity contribution in [1.82, 2.24) is 30.5 Å². The second kappa shape index (κ2) is 5.49. The lowest BCUT2D eigenvalue weighted by Gasteiger charge is -2.25. The first-order valence-corrected chi connectivity index (χ1v) is 7.86. The first-order chi connectivity index (χ1) is 11.2. The van der Waals surface area contributed by atoms with Crippen LogP contribution in [0.2, 0.25) is 0 Å². The maximum atomic E-state index is 12.5. The smallest absolute Gasteiger partial charge is 0.245 e. The van der Waals surface area contributed by atoms with E-state index in [-0.39, 0.29) is 11.9 Å². The third-order valence-corrected chi connectivity index (χ3v) is 4.57. The second-order valence-electron chi connectivity index (χ2n) is 5.98. The largest absolute Gasteiger partial charge is 0.356 e. The minimum Gasteiger partial charge on any atom is -0.356 e. The first kappa shape index (κ1) is 13.9. The van der Waals surface area contributed by atoms with Gasteiger partial charge in [-0.2, -0.15) is 0 Å². The highest BCUT2D eigenvalue weighted by Gasteiger charge is 2.27. The summed E-state index contributed by atoms with van der Waals surface area (Å²) in [5.41, 5.74) is 3.59. The minimum absolute atomic E-state index is 0.0116. The third-order valence-electron chi connectivity index (χ3n) is 4.57. The standard InChI is InChI=1S/C16H18N6O/c1-10(22-9-17-20-21-22)16(23)19-14-8-4-6-12-11-5-2-3-7-13(11)18-15(12)14/h2-3,5,7,9-10,14,18H,4,6,8H2,1H3,(H,19,23). The summed E-state index contributed by atoms with van der Waals surface area (Å²) < 4.78 is 1.46. The molecule has 0 saturated carbocycles. The number of para-hydroxylation sites is 1. The van der Waals surface area contributed by atoms with Gasteiger partial charge in [-0.3, -0.25) is 4.79 Å². The van der Waals surface area contributed by atoms with Crippen molar-refractivity contribution >= 4 is 16.8 Å². The lowest BCUT2D eigenvalue weighted by Crippen LogP contribution is -2.36. The Hall–Kier alpha value is -2.70. The maximum absolute atomic E-state index is 12.5. The van der Waals surface area contributed by atoms with Crippen molar-refractivity contribution in [1.29, 1.82) is 0 Å². The van der Waals surface area contributed by atoms with Gasteiger partial charge in [0.15, 0.2) is 0 Å². The SMILES string of the molecule is CC(C(=O)NC1CCCc2c1[nH]c1ccccc21)n1cnnn1. The van der Waals surface area contributed by atoms with Crippen LogP contribution < -0.4 is 5.32 Å². The van der Waals surface area contributed by atoms with Gasteiger partial charge in [-0.15, -0.1) is 5.10 Å². The lowest BCUT2D eigenvalue weighted by atomic mass is 9.91. The average Bonchev–Trinajstić information content (AvgIpc) is 3.22. The molecule has 23 heavy (non-hydrogen) atoms. The molecule has 1 aliphatic carbocycles. The fraction of sp³-hybridized carbons (Fsp3) is 0.375. The lowest BCUT2D eigenvalue weighted by molar-refractivity contribution is -0.125. The molecule has 2 aromatic heterocycles. The van der Waals surface area contributed by atoms with Crippen LogP contribution in [0.25, 0.3) is 10.9 Å². The molecule has 2 atom stereocenters. The van der Waals surface area contributed by atoms with E-state index in [9.17, 15) is 4.79 Å². The van der Waals surface area contributed by atoms with Crippen LogP contribution in [0, 0.1) is 0 Å². The number of rotatable bonds is 3. The third kappa shape index (κ3) is 2.38. The van der Waals surface area contributed by atoms with E-state index < -0.39 is 6.04 Å². The van der Waals surface area contributed by atoms with E-state index in [2.05, 4.69) is 44.0 Å². The number of hydrogen-bond donors (Lipinski definition) is 2. The topological polar surface area (TPSA) is 88.5 Å². The molecule has 3 aromatic rings. The number of tetrazole rings is 1. The van der Waals surface area contributed by atoms with Crippen LogP contribution in [0.1, 0.15) is 43.1 Å². The maximum Gasteiger partial charge on any atom is 0.245 e. The number of amides is 1. The van der Waals surface area contributed by atoms with Crippen LogP contribution in [0.4, 0.5) is 0 Å². The number of nitrogens with zero attached hydrogens (tertiary/aromatic N) is 4. The highest BCUT2D eigenvalue weighted by Crippen LogP contribution is 2.34. The highest BCUT2D eigenvalue weighted by molar-refractivity contribution is 5.86. The van der Waals surface area contributed by atoms with Crippen LogP contribution >= 0.6 is 0 Å². The molecule has 0 aliphatic heterocycles. The molecule has 0 spiro atoms. The van der Waals surface area contributed by atoms with Gasteiger partial charge in [-0.05, 0) is 48.2 Å². The number of nitrogens with one attached hydrogen (secondary N) is 2. The van der Waals surface area contributed by atoms with Gasteiger partial charge in [0, 0.05) is 16.6 Å². The summed E-state index contributed by atoms with van der Waals surface area (Å²) in [6.07, 6.45) is 4.51. The van der Waals surface area contributed by atoms with E-state index in [1.54, 1.807) is 6.92 Å². The van der Waals surface area contributed by atoms with E-state index in [0.29, 0.717) is 0 Å². The summed E-state index contributed by atoms with van der Waals surface area (Å²) in [5.74, 6) is -0.0752. The van der Waals surface area contributed by atoms with E-state index in [0.717, 1.165) is 30.5 Å². The number of H-pyrrole nitrogens is 1. The molecule has 0 radical (unpaired) electrons. The monoisotopic (exact) mass is 310 g/mol. The highest BCUT2D eigenvalue weighted by atomic mass is 16.2. The zero-order chi connectivity index (χ0) is 15.8. The van der Waals surface area contributed by atoms with Crippen molar-refractivity contribution in [3.8, 4) is 0 Å². The van der Waals surface area contributed by atoms with Gasteiger partial charge in [0.25, 0.3) is 0 Å². The number of benzene rings is 1. The summed E-state index contributed by atoms with van der Waals surface area (Å²) in [6, 6.07) is 7.88. The Bertz CT molecular complexity index is 838. The summed E-state index contributed by atoms with van der Waals surface area (Å²) in [4.78, 5) is 16.0. The summed E-state index contributed by atoms with van der Waals surface area (Å²) >= 11 is 0. The quantitative estimate of drug-likeness (QED) is 0.773. The number of aryl methyl sites for hydroxylation is 1. The molecule has 0 fully saturated rings. The second-order valence-corrected chi connectivity index (χ2v) is 5.98. The molecule has 2 N–H and O–H groups in total. The summed E-state index contributed by atoms with van der Waals surface area (Å²) in [7, 11) is 0. The molecule has 0 bridgehead atoms. The number of carbonyl (C=O) groups is 1. The minimum atomic E-state index is -0.431. The Kier molecular flexibility index (Phi) is 3.33. The first-order valence-electron chi connectivity index (χ1n) is 7.86. The van der Waals surface area contributed by atoms with Gasteiger partial charge >= 0.3 is 0 Å². The van der Waals surface area contributed by atoms with Gasteiger partial charge in [0.05, 0.1) is 6.04 Å². The average molecular weight is 310 g/mol. The van der Waals surface area contributed by atoms with Crippen molar-refractivity contribution in [2.24, 2.45) is 0 Å². The van der Waals surface area contributed by atoms with Gasteiger partial charge in [-0.1, -0.05) is 18.2 Å². The Morgan fingerprint density at radius 1 is 1.43 bits per heavy atom. The van der Waals surface area contributed by atoms with Gasteiger partial charge in [-0.25, -0.2) is 4.68 Å². The van der Waals surface area contributed by atoms with Gasteiger partial charge in [0.1, 0.15) is 12.4 Å². The Morgan fingerprint density at radius 2 is 2.30 bits per heavy atom. The molecule has 0 saturated heterocycles. The summed E-state index contributed by atoms with van der Waals surface area (Å²) in [5, 5.41) is 15.4. The zero-order valence-corrected chi connectivity index (χ0v) is 12.9. The molecule has 4 rings (SSSR count).